The van der Waals surface area contributed by atoms with Gasteiger partial charge in [-0.15, -0.1) is 0 Å². The summed E-state index contributed by atoms with van der Waals surface area (Å²) in [6.07, 6.45) is 3.37. The molecule has 0 saturated carbocycles. The average molecular weight is 280 g/mol. The number of pyridine rings is 1. The van der Waals surface area contributed by atoms with E-state index in [1.54, 1.807) is 12.4 Å². The lowest BCUT2D eigenvalue weighted by Crippen LogP contribution is -2.43. The van der Waals surface area contributed by atoms with Gasteiger partial charge in [-0.2, -0.15) is 8.42 Å². The number of hydrogen-bond donors (Lipinski definition) is 1. The van der Waals surface area contributed by atoms with Gasteiger partial charge in [0.25, 0.3) is 10.1 Å². The molecular weight excluding hydrogens is 266 g/mol. The van der Waals surface area contributed by atoms with Crippen molar-refractivity contribution < 1.29 is 22.5 Å². The smallest absolute Gasteiger partial charge is 0.268 e. The first-order valence-corrected chi connectivity index (χ1v) is 7.31. The molecule has 0 aliphatic rings. The molecule has 0 aliphatic carbocycles. The molecule has 0 spiro atoms. The van der Waals surface area contributed by atoms with E-state index in [1.807, 2.05) is 42.5 Å². The Morgan fingerprint density at radius 2 is 1.58 bits per heavy atom. The highest BCUT2D eigenvalue weighted by molar-refractivity contribution is 7.85. The Labute approximate surface area is 111 Å². The zero-order valence-corrected chi connectivity index (χ0v) is 11.0. The molecule has 0 bridgehead atoms. The molecule has 0 aliphatic heterocycles. The highest BCUT2D eigenvalue weighted by Crippen LogP contribution is 2.16. The predicted octanol–water partition coefficient (Wildman–Crippen LogP) is 0.958. The van der Waals surface area contributed by atoms with Crippen molar-refractivity contribution in [3.05, 3.63) is 54.9 Å². The summed E-state index contributed by atoms with van der Waals surface area (Å²) in [5, 5.41) is 0. The minimum atomic E-state index is -3.98. The maximum absolute atomic E-state index is 10.5. The van der Waals surface area contributed by atoms with Crippen LogP contribution in [0.1, 0.15) is 0 Å². The monoisotopic (exact) mass is 280 g/mol. The van der Waals surface area contributed by atoms with Crippen LogP contribution in [0.4, 0.5) is 0 Å². The summed E-state index contributed by atoms with van der Waals surface area (Å²) in [4.78, 5) is 5.15. The maximum Gasteiger partial charge on any atom is 0.268 e. The predicted molar refractivity (Wildman–Crippen MR) is 69.9 cm³/mol. The van der Waals surface area contributed by atoms with Crippen molar-refractivity contribution in [1.29, 1.82) is 0 Å². The molecule has 1 heterocycles. The van der Waals surface area contributed by atoms with Crippen molar-refractivity contribution in [2.75, 3.05) is 12.4 Å². The van der Waals surface area contributed by atoms with Gasteiger partial charge in [0.1, 0.15) is 5.75 Å². The fraction of sp³-hybridized carbons (Fsp3) is 0.154. The summed E-state index contributed by atoms with van der Waals surface area (Å²) in [7, 11) is -3.98. The van der Waals surface area contributed by atoms with E-state index in [1.165, 1.54) is 4.73 Å². The van der Waals surface area contributed by atoms with E-state index in [0.29, 0.717) is 0 Å². The summed E-state index contributed by atoms with van der Waals surface area (Å²) >= 11 is 0. The van der Waals surface area contributed by atoms with Gasteiger partial charge < -0.3 is 0 Å². The molecule has 0 unspecified atom stereocenters. The molecule has 2 rings (SSSR count). The van der Waals surface area contributed by atoms with Gasteiger partial charge in [-0.25, -0.2) is 0 Å². The van der Waals surface area contributed by atoms with Crippen molar-refractivity contribution in [2.24, 2.45) is 0 Å². The summed E-state index contributed by atoms with van der Waals surface area (Å²) in [5.74, 6) is -0.430. The Kier molecular flexibility index (Phi) is 4.13. The Morgan fingerprint density at radius 1 is 1.00 bits per heavy atom. The van der Waals surface area contributed by atoms with E-state index in [9.17, 15) is 8.42 Å². The zero-order valence-electron chi connectivity index (χ0n) is 10.1. The molecular formula is C13H14NO4S+. The minimum Gasteiger partial charge on any atom is -0.285 e. The standard InChI is InChI=1S/C13H13NO4S/c15-19(16,17)11-10-18-14-8-6-13(7-9-14)12-4-2-1-3-5-12/h1-9H,10-11H2/p+1. The van der Waals surface area contributed by atoms with Gasteiger partial charge in [-0.3, -0.25) is 9.39 Å². The summed E-state index contributed by atoms with van der Waals surface area (Å²) in [5.41, 5.74) is 2.13. The molecule has 0 saturated heterocycles. The first-order valence-electron chi connectivity index (χ1n) is 5.70. The minimum absolute atomic E-state index is 0.103. The third-order valence-electron chi connectivity index (χ3n) is 2.49. The first kappa shape index (κ1) is 13.5. The number of rotatable bonds is 5. The van der Waals surface area contributed by atoms with Crippen LogP contribution in [0.2, 0.25) is 0 Å². The van der Waals surface area contributed by atoms with Gasteiger partial charge >= 0.3 is 0 Å². The van der Waals surface area contributed by atoms with E-state index >= 15 is 0 Å². The van der Waals surface area contributed by atoms with Gasteiger partial charge in [0.2, 0.25) is 12.4 Å². The quantitative estimate of drug-likeness (QED) is 0.654. The Balaban J connectivity index is 1.99. The van der Waals surface area contributed by atoms with Crippen LogP contribution in [-0.2, 0) is 10.1 Å². The first-order chi connectivity index (χ1) is 9.04. The van der Waals surface area contributed by atoms with E-state index in [0.717, 1.165) is 11.1 Å². The van der Waals surface area contributed by atoms with Crippen LogP contribution < -0.4 is 9.57 Å². The normalized spacial score (nSPS) is 11.2. The van der Waals surface area contributed by atoms with E-state index in [4.69, 9.17) is 9.39 Å². The van der Waals surface area contributed by atoms with Gasteiger partial charge in [-0.1, -0.05) is 30.3 Å². The third-order valence-corrected chi connectivity index (χ3v) is 3.17. The molecule has 6 heteroatoms. The number of benzene rings is 1. The number of aromatic nitrogens is 1. The lowest BCUT2D eigenvalue weighted by atomic mass is 10.1. The topological polar surface area (TPSA) is 67.5 Å². The molecule has 100 valence electrons. The van der Waals surface area contributed by atoms with Crippen LogP contribution in [0.3, 0.4) is 0 Å². The molecule has 19 heavy (non-hydrogen) atoms. The summed E-state index contributed by atoms with van der Waals surface area (Å²) in [6, 6.07) is 13.6. The fourth-order valence-corrected chi connectivity index (χ4v) is 1.86. The van der Waals surface area contributed by atoms with Crippen molar-refractivity contribution in [2.45, 2.75) is 0 Å². The van der Waals surface area contributed by atoms with E-state index in [2.05, 4.69) is 0 Å². The van der Waals surface area contributed by atoms with E-state index in [-0.39, 0.29) is 6.61 Å². The highest BCUT2D eigenvalue weighted by Gasteiger charge is 2.08. The van der Waals surface area contributed by atoms with Crippen LogP contribution in [0, 0.1) is 0 Å². The van der Waals surface area contributed by atoms with Crippen LogP contribution in [0.15, 0.2) is 54.9 Å². The molecule has 1 aromatic heterocycles. The van der Waals surface area contributed by atoms with E-state index < -0.39 is 15.9 Å². The molecule has 0 atom stereocenters. The van der Waals surface area contributed by atoms with Gasteiger partial charge in [0.15, 0.2) is 6.61 Å². The van der Waals surface area contributed by atoms with Crippen LogP contribution >= 0.6 is 0 Å². The number of nitrogens with zero attached hydrogens (tertiary/aromatic N) is 1. The lowest BCUT2D eigenvalue weighted by molar-refractivity contribution is -0.890. The van der Waals surface area contributed by atoms with Crippen LogP contribution in [-0.4, -0.2) is 25.3 Å². The Morgan fingerprint density at radius 3 is 2.16 bits per heavy atom. The Bertz CT molecular complexity index is 623. The third kappa shape index (κ3) is 4.35. The molecule has 5 nitrogen and oxygen atoms in total. The van der Waals surface area contributed by atoms with Crippen molar-refractivity contribution >= 4 is 10.1 Å². The molecule has 0 fully saturated rings. The fourth-order valence-electron chi connectivity index (χ4n) is 1.57. The largest absolute Gasteiger partial charge is 0.285 e. The van der Waals surface area contributed by atoms with Gasteiger partial charge in [0.05, 0.1) is 0 Å². The second-order valence-electron chi connectivity index (χ2n) is 3.93. The molecule has 0 radical (unpaired) electrons. The molecule has 2 aromatic rings. The SMILES string of the molecule is O=S(=O)(O)CCO[n+]1ccc(-c2ccccc2)cc1. The Hall–Kier alpha value is -1.92. The van der Waals surface area contributed by atoms with Crippen molar-refractivity contribution in [1.82, 2.24) is 0 Å². The zero-order chi connectivity index (χ0) is 13.7. The van der Waals surface area contributed by atoms with Crippen LogP contribution in [0.25, 0.3) is 11.1 Å². The highest BCUT2D eigenvalue weighted by atomic mass is 32.2. The summed E-state index contributed by atoms with van der Waals surface area (Å²) < 4.78 is 31.0. The number of hydrogen-bond acceptors (Lipinski definition) is 3. The van der Waals surface area contributed by atoms with Crippen LogP contribution in [0.5, 0.6) is 0 Å². The second-order valence-corrected chi connectivity index (χ2v) is 5.50. The summed E-state index contributed by atoms with van der Waals surface area (Å²) in [6.45, 7) is -0.103. The van der Waals surface area contributed by atoms with Crippen molar-refractivity contribution in [3.63, 3.8) is 0 Å². The average Bonchev–Trinajstić information content (AvgIpc) is 2.39. The van der Waals surface area contributed by atoms with Gasteiger partial charge in [0, 0.05) is 16.9 Å². The maximum atomic E-state index is 10.5. The second kappa shape index (κ2) is 5.81. The molecule has 0 amide bonds. The van der Waals surface area contributed by atoms with Crippen molar-refractivity contribution in [3.8, 4) is 11.1 Å². The lowest BCUT2D eigenvalue weighted by Gasteiger charge is -2.00. The molecule has 1 N–H and O–H groups in total. The van der Waals surface area contributed by atoms with Gasteiger partial charge in [-0.05, 0) is 11.1 Å². The molecule has 1 aromatic carbocycles.